The van der Waals surface area contributed by atoms with Gasteiger partial charge in [-0.2, -0.15) is 0 Å². The second-order valence-corrected chi connectivity index (χ2v) is 5.40. The standard InChI is InChI=1S/C15H10BrNO3/c1-9-2-5-11(6-3-9)17-14(18)12-8-10(16)4-7-13(12)20-15(17)19/h2-8H,1H3. The fourth-order valence-corrected chi connectivity index (χ4v) is 2.38. The maximum atomic E-state index is 12.5. The zero-order chi connectivity index (χ0) is 14.3. The lowest BCUT2D eigenvalue weighted by Crippen LogP contribution is -2.30. The minimum absolute atomic E-state index is 0.284. The fraction of sp³-hybridized carbons (Fsp3) is 0.0667. The molecule has 0 amide bonds. The molecule has 0 spiro atoms. The molecule has 100 valence electrons. The highest BCUT2D eigenvalue weighted by atomic mass is 79.9. The number of fused-ring (bicyclic) bond motifs is 1. The van der Waals surface area contributed by atoms with E-state index in [-0.39, 0.29) is 11.1 Å². The summed E-state index contributed by atoms with van der Waals surface area (Å²) in [6.45, 7) is 1.94. The van der Waals surface area contributed by atoms with Crippen LogP contribution < -0.4 is 11.3 Å². The van der Waals surface area contributed by atoms with Crippen LogP contribution in [0.5, 0.6) is 0 Å². The molecule has 0 N–H and O–H groups in total. The van der Waals surface area contributed by atoms with E-state index in [2.05, 4.69) is 15.9 Å². The van der Waals surface area contributed by atoms with Crippen LogP contribution in [0.3, 0.4) is 0 Å². The van der Waals surface area contributed by atoms with Crippen LogP contribution in [0, 0.1) is 6.92 Å². The topological polar surface area (TPSA) is 52.2 Å². The molecule has 2 aromatic carbocycles. The van der Waals surface area contributed by atoms with Crippen LogP contribution in [0.25, 0.3) is 16.7 Å². The summed E-state index contributed by atoms with van der Waals surface area (Å²) in [6, 6.07) is 12.1. The van der Waals surface area contributed by atoms with Crippen molar-refractivity contribution in [1.29, 1.82) is 0 Å². The number of nitrogens with zero attached hydrogens (tertiary/aromatic N) is 1. The summed E-state index contributed by atoms with van der Waals surface area (Å²) >= 11 is 3.31. The number of aryl methyl sites for hydroxylation is 1. The highest BCUT2D eigenvalue weighted by molar-refractivity contribution is 9.10. The van der Waals surface area contributed by atoms with Crippen molar-refractivity contribution in [2.75, 3.05) is 0 Å². The van der Waals surface area contributed by atoms with E-state index in [1.807, 2.05) is 19.1 Å². The average molecular weight is 332 g/mol. The van der Waals surface area contributed by atoms with Gasteiger partial charge in [0.05, 0.1) is 11.1 Å². The van der Waals surface area contributed by atoms with Crippen LogP contribution in [-0.4, -0.2) is 4.57 Å². The Morgan fingerprint density at radius 2 is 1.75 bits per heavy atom. The number of hydrogen-bond donors (Lipinski definition) is 0. The highest BCUT2D eigenvalue weighted by Gasteiger charge is 2.11. The van der Waals surface area contributed by atoms with Gasteiger partial charge in [-0.05, 0) is 37.3 Å². The van der Waals surface area contributed by atoms with Gasteiger partial charge in [0.25, 0.3) is 5.56 Å². The minimum atomic E-state index is -0.686. The Morgan fingerprint density at radius 1 is 1.05 bits per heavy atom. The molecule has 3 aromatic rings. The molecule has 1 heterocycles. The van der Waals surface area contributed by atoms with E-state index < -0.39 is 5.76 Å². The zero-order valence-electron chi connectivity index (χ0n) is 10.6. The Hall–Kier alpha value is -2.14. The lowest BCUT2D eigenvalue weighted by atomic mass is 10.2. The van der Waals surface area contributed by atoms with Crippen LogP contribution in [-0.2, 0) is 0 Å². The van der Waals surface area contributed by atoms with Crippen molar-refractivity contribution in [2.45, 2.75) is 6.92 Å². The van der Waals surface area contributed by atoms with Crippen LogP contribution in [0.15, 0.2) is 60.9 Å². The molecular weight excluding hydrogens is 322 g/mol. The van der Waals surface area contributed by atoms with E-state index in [1.165, 1.54) is 0 Å². The first kappa shape index (κ1) is 12.9. The number of benzene rings is 2. The average Bonchev–Trinajstić information content (AvgIpc) is 2.42. The summed E-state index contributed by atoms with van der Waals surface area (Å²) in [4.78, 5) is 24.5. The molecule has 0 aliphatic rings. The number of halogens is 1. The normalized spacial score (nSPS) is 10.9. The molecule has 20 heavy (non-hydrogen) atoms. The van der Waals surface area contributed by atoms with Crippen molar-refractivity contribution in [3.63, 3.8) is 0 Å². The molecule has 5 heteroatoms. The molecule has 0 saturated carbocycles. The molecule has 0 unspecified atom stereocenters. The maximum Gasteiger partial charge on any atom is 0.426 e. The van der Waals surface area contributed by atoms with Crippen molar-refractivity contribution in [3.8, 4) is 5.69 Å². The molecule has 4 nitrogen and oxygen atoms in total. The predicted molar refractivity (Wildman–Crippen MR) is 80.5 cm³/mol. The maximum absolute atomic E-state index is 12.5. The third-order valence-corrected chi connectivity index (χ3v) is 3.54. The third-order valence-electron chi connectivity index (χ3n) is 3.05. The van der Waals surface area contributed by atoms with Crippen molar-refractivity contribution in [3.05, 3.63) is 73.4 Å². The Morgan fingerprint density at radius 3 is 2.45 bits per heavy atom. The molecule has 0 radical (unpaired) electrons. The molecular formula is C15H10BrNO3. The van der Waals surface area contributed by atoms with Crippen LogP contribution in [0.4, 0.5) is 0 Å². The second-order valence-electron chi connectivity index (χ2n) is 4.48. The molecule has 0 saturated heterocycles. The summed E-state index contributed by atoms with van der Waals surface area (Å²) in [6.07, 6.45) is 0. The van der Waals surface area contributed by atoms with Gasteiger partial charge in [0.15, 0.2) is 0 Å². The van der Waals surface area contributed by atoms with Gasteiger partial charge in [-0.3, -0.25) is 4.79 Å². The lowest BCUT2D eigenvalue weighted by molar-refractivity contribution is 0.504. The van der Waals surface area contributed by atoms with E-state index in [9.17, 15) is 9.59 Å². The van der Waals surface area contributed by atoms with E-state index in [0.29, 0.717) is 11.1 Å². The second kappa shape index (κ2) is 4.76. The smallest absolute Gasteiger partial charge is 0.409 e. The van der Waals surface area contributed by atoms with Crippen LogP contribution >= 0.6 is 15.9 Å². The largest absolute Gasteiger partial charge is 0.426 e. The van der Waals surface area contributed by atoms with E-state index in [4.69, 9.17) is 4.42 Å². The van der Waals surface area contributed by atoms with Crippen molar-refractivity contribution in [2.24, 2.45) is 0 Å². The molecule has 0 aliphatic carbocycles. The SMILES string of the molecule is Cc1ccc(-n2c(=O)oc3ccc(Br)cc3c2=O)cc1. The molecule has 3 rings (SSSR count). The molecule has 0 fully saturated rings. The first-order valence-corrected chi connectivity index (χ1v) is 6.78. The Labute approximate surface area is 122 Å². The molecule has 0 bridgehead atoms. The number of rotatable bonds is 1. The van der Waals surface area contributed by atoms with Crippen molar-refractivity contribution in [1.82, 2.24) is 4.57 Å². The monoisotopic (exact) mass is 331 g/mol. The van der Waals surface area contributed by atoms with Gasteiger partial charge in [-0.15, -0.1) is 0 Å². The van der Waals surface area contributed by atoms with E-state index in [1.54, 1.807) is 30.3 Å². The molecule has 1 aromatic heterocycles. The lowest BCUT2D eigenvalue weighted by Gasteiger charge is -2.05. The Bertz CT molecular complexity index is 907. The quantitative estimate of drug-likeness (QED) is 0.688. The summed E-state index contributed by atoms with van der Waals surface area (Å²) < 4.78 is 6.99. The third kappa shape index (κ3) is 2.10. The molecule has 0 atom stereocenters. The van der Waals surface area contributed by atoms with E-state index >= 15 is 0 Å². The first-order valence-electron chi connectivity index (χ1n) is 5.99. The Kier molecular flexibility index (Phi) is 3.06. The predicted octanol–water partition coefficient (Wildman–Crippen LogP) is 3.01. The Balaban J connectivity index is 2.39. The summed E-state index contributed by atoms with van der Waals surface area (Å²) in [5, 5.41) is 0.361. The minimum Gasteiger partial charge on any atom is -0.409 e. The van der Waals surface area contributed by atoms with Gasteiger partial charge >= 0.3 is 5.76 Å². The molecule has 0 aliphatic heterocycles. The van der Waals surface area contributed by atoms with Gasteiger partial charge in [-0.25, -0.2) is 9.36 Å². The van der Waals surface area contributed by atoms with Crippen LogP contribution in [0.1, 0.15) is 5.56 Å². The van der Waals surface area contributed by atoms with Gasteiger partial charge in [0.2, 0.25) is 0 Å². The number of aromatic nitrogens is 1. The summed E-state index contributed by atoms with van der Waals surface area (Å²) in [7, 11) is 0. The van der Waals surface area contributed by atoms with Crippen molar-refractivity contribution >= 4 is 26.9 Å². The first-order chi connectivity index (χ1) is 9.56. The summed E-state index contributed by atoms with van der Waals surface area (Å²) in [5.41, 5.74) is 1.44. The van der Waals surface area contributed by atoms with Gasteiger partial charge in [-0.1, -0.05) is 33.6 Å². The summed E-state index contributed by atoms with van der Waals surface area (Å²) in [5.74, 6) is -0.686. The van der Waals surface area contributed by atoms with Gasteiger partial charge in [0.1, 0.15) is 5.58 Å². The van der Waals surface area contributed by atoms with Gasteiger partial charge < -0.3 is 4.42 Å². The van der Waals surface area contributed by atoms with Gasteiger partial charge in [0, 0.05) is 4.47 Å². The van der Waals surface area contributed by atoms with E-state index in [0.717, 1.165) is 14.6 Å². The zero-order valence-corrected chi connectivity index (χ0v) is 12.2. The van der Waals surface area contributed by atoms with Crippen molar-refractivity contribution < 1.29 is 4.42 Å². The fourth-order valence-electron chi connectivity index (χ4n) is 2.02. The number of hydrogen-bond acceptors (Lipinski definition) is 3. The van der Waals surface area contributed by atoms with Crippen LogP contribution in [0.2, 0.25) is 0 Å². The highest BCUT2D eigenvalue weighted by Crippen LogP contribution is 2.16.